The molecule has 2 saturated heterocycles. The molecule has 0 aliphatic carbocycles. The number of benzene rings is 2. The Bertz CT molecular complexity index is 1170. The summed E-state index contributed by atoms with van der Waals surface area (Å²) < 4.78 is 11.2. The smallest absolute Gasteiger partial charge is 0.119 e. The van der Waals surface area contributed by atoms with Gasteiger partial charge in [0.25, 0.3) is 0 Å². The van der Waals surface area contributed by atoms with Gasteiger partial charge in [-0.1, -0.05) is 30.3 Å². The summed E-state index contributed by atoms with van der Waals surface area (Å²) in [6.07, 6.45) is 9.93. The number of aliphatic hydroxyl groups is 1. The molecule has 39 heavy (non-hydrogen) atoms. The van der Waals surface area contributed by atoms with Crippen LogP contribution in [0.3, 0.4) is 0 Å². The summed E-state index contributed by atoms with van der Waals surface area (Å²) in [5.74, 6) is 0.873. The van der Waals surface area contributed by atoms with Crippen molar-refractivity contribution in [3.05, 3.63) is 71.4 Å². The van der Waals surface area contributed by atoms with E-state index in [0.717, 1.165) is 109 Å². The number of aromatic nitrogens is 1. The van der Waals surface area contributed by atoms with Crippen LogP contribution in [-0.4, -0.2) is 67.6 Å². The van der Waals surface area contributed by atoms with Crippen LogP contribution >= 0.6 is 0 Å². The average molecular weight is 532 g/mol. The number of aryl methyl sites for hydroxylation is 2. The van der Waals surface area contributed by atoms with Crippen molar-refractivity contribution < 1.29 is 14.6 Å². The number of hydrogen-bond acceptors (Lipinski definition) is 6. The molecule has 1 aromatic heterocycles. The summed E-state index contributed by atoms with van der Waals surface area (Å²) in [5, 5.41) is 16.3. The lowest BCUT2D eigenvalue weighted by molar-refractivity contribution is -0.0131. The SMILES string of the molecule is COc1ccc2ncc(CN3CCOCC3)c(CCCC3(C(O)CCCc4ccccc4)CCNCC3)c2c1. The molecule has 2 aromatic carbocycles. The molecule has 0 radical (unpaired) electrons. The summed E-state index contributed by atoms with van der Waals surface area (Å²) in [6.45, 7) is 6.39. The molecule has 1 unspecified atom stereocenters. The lowest BCUT2D eigenvalue weighted by Crippen LogP contribution is -2.44. The molecule has 0 bridgehead atoms. The van der Waals surface area contributed by atoms with Crippen molar-refractivity contribution in [3.63, 3.8) is 0 Å². The van der Waals surface area contributed by atoms with E-state index < -0.39 is 0 Å². The van der Waals surface area contributed by atoms with E-state index in [1.54, 1.807) is 7.11 Å². The molecule has 0 amide bonds. The van der Waals surface area contributed by atoms with Crippen molar-refractivity contribution in [3.8, 4) is 5.75 Å². The van der Waals surface area contributed by atoms with E-state index in [4.69, 9.17) is 14.5 Å². The predicted molar refractivity (Wildman–Crippen MR) is 157 cm³/mol. The number of methoxy groups -OCH3 is 1. The Morgan fingerprint density at radius 3 is 2.62 bits per heavy atom. The third kappa shape index (κ3) is 7.17. The molecule has 2 aliphatic rings. The first-order chi connectivity index (χ1) is 19.2. The zero-order valence-corrected chi connectivity index (χ0v) is 23.5. The van der Waals surface area contributed by atoms with E-state index in [1.807, 2.05) is 6.07 Å². The third-order valence-corrected chi connectivity index (χ3v) is 8.97. The first-order valence-electron chi connectivity index (χ1n) is 14.8. The van der Waals surface area contributed by atoms with Gasteiger partial charge in [0.15, 0.2) is 0 Å². The minimum atomic E-state index is -0.259. The second-order valence-electron chi connectivity index (χ2n) is 11.4. The van der Waals surface area contributed by atoms with Gasteiger partial charge in [-0.25, -0.2) is 0 Å². The highest BCUT2D eigenvalue weighted by Crippen LogP contribution is 2.40. The Balaban J connectivity index is 1.30. The van der Waals surface area contributed by atoms with Crippen LogP contribution in [0.2, 0.25) is 0 Å². The summed E-state index contributed by atoms with van der Waals surface area (Å²) in [5.41, 5.74) is 5.06. The topological polar surface area (TPSA) is 66.9 Å². The highest BCUT2D eigenvalue weighted by atomic mass is 16.5. The van der Waals surface area contributed by atoms with Gasteiger partial charge < -0.3 is 19.9 Å². The molecule has 210 valence electrons. The zero-order chi connectivity index (χ0) is 26.9. The van der Waals surface area contributed by atoms with E-state index >= 15 is 0 Å². The molecule has 5 rings (SSSR count). The van der Waals surface area contributed by atoms with Gasteiger partial charge in [0.2, 0.25) is 0 Å². The van der Waals surface area contributed by atoms with Crippen LogP contribution in [0.15, 0.2) is 54.7 Å². The van der Waals surface area contributed by atoms with Gasteiger partial charge in [-0.15, -0.1) is 0 Å². The molecular weight excluding hydrogens is 486 g/mol. The molecule has 0 spiro atoms. The number of fused-ring (bicyclic) bond motifs is 1. The van der Waals surface area contributed by atoms with Crippen LogP contribution in [0.5, 0.6) is 5.75 Å². The molecule has 3 heterocycles. The number of rotatable bonds is 12. The summed E-state index contributed by atoms with van der Waals surface area (Å²) in [7, 11) is 1.73. The predicted octanol–water partition coefficient (Wildman–Crippen LogP) is 5.15. The molecule has 3 aromatic rings. The van der Waals surface area contributed by atoms with Crippen LogP contribution in [-0.2, 0) is 24.1 Å². The first kappa shape index (κ1) is 28.0. The Morgan fingerprint density at radius 1 is 1.05 bits per heavy atom. The van der Waals surface area contributed by atoms with Crippen molar-refractivity contribution in [1.29, 1.82) is 0 Å². The van der Waals surface area contributed by atoms with E-state index in [1.165, 1.54) is 22.1 Å². The van der Waals surface area contributed by atoms with Gasteiger partial charge in [-0.05, 0) is 105 Å². The van der Waals surface area contributed by atoms with E-state index in [0.29, 0.717) is 0 Å². The molecule has 2 fully saturated rings. The maximum absolute atomic E-state index is 11.5. The number of nitrogens with one attached hydrogen (secondary N) is 1. The second-order valence-corrected chi connectivity index (χ2v) is 11.4. The molecule has 6 heteroatoms. The Kier molecular flexibility index (Phi) is 9.86. The first-order valence-corrected chi connectivity index (χ1v) is 14.8. The van der Waals surface area contributed by atoms with E-state index in [2.05, 4.69) is 58.9 Å². The number of nitrogens with zero attached hydrogens (tertiary/aromatic N) is 2. The van der Waals surface area contributed by atoms with Crippen molar-refractivity contribution in [2.75, 3.05) is 46.5 Å². The molecule has 2 aliphatic heterocycles. The Labute approximate surface area is 233 Å². The number of aliphatic hydroxyl groups excluding tert-OH is 1. The highest BCUT2D eigenvalue weighted by Gasteiger charge is 2.38. The van der Waals surface area contributed by atoms with Crippen LogP contribution in [0.25, 0.3) is 10.9 Å². The van der Waals surface area contributed by atoms with E-state index in [-0.39, 0.29) is 11.5 Å². The maximum Gasteiger partial charge on any atom is 0.119 e. The largest absolute Gasteiger partial charge is 0.497 e. The number of morpholine rings is 1. The number of pyridine rings is 1. The highest BCUT2D eigenvalue weighted by molar-refractivity contribution is 5.84. The summed E-state index contributed by atoms with van der Waals surface area (Å²) in [6, 6.07) is 16.9. The molecular formula is C33H45N3O3. The van der Waals surface area contributed by atoms with Crippen LogP contribution in [0, 0.1) is 5.41 Å². The fourth-order valence-corrected chi connectivity index (χ4v) is 6.57. The summed E-state index contributed by atoms with van der Waals surface area (Å²) in [4.78, 5) is 7.29. The van der Waals surface area contributed by atoms with Crippen molar-refractivity contribution >= 4 is 10.9 Å². The lowest BCUT2D eigenvalue weighted by Gasteiger charge is -2.42. The fourth-order valence-electron chi connectivity index (χ4n) is 6.57. The van der Waals surface area contributed by atoms with Gasteiger partial charge in [-0.2, -0.15) is 0 Å². The maximum atomic E-state index is 11.5. The third-order valence-electron chi connectivity index (χ3n) is 8.97. The average Bonchev–Trinajstić information content (AvgIpc) is 2.99. The minimum Gasteiger partial charge on any atom is -0.497 e. The second kappa shape index (κ2) is 13.7. The lowest BCUT2D eigenvalue weighted by atomic mass is 9.69. The van der Waals surface area contributed by atoms with Crippen molar-refractivity contribution in [2.24, 2.45) is 5.41 Å². The molecule has 1 atom stereocenters. The molecule has 0 saturated carbocycles. The van der Waals surface area contributed by atoms with Gasteiger partial charge >= 0.3 is 0 Å². The normalized spacial score (nSPS) is 18.7. The fraction of sp³-hybridized carbons (Fsp3) is 0.545. The monoisotopic (exact) mass is 531 g/mol. The molecule has 6 nitrogen and oxygen atoms in total. The van der Waals surface area contributed by atoms with Gasteiger partial charge in [0, 0.05) is 31.2 Å². The van der Waals surface area contributed by atoms with Crippen LogP contribution in [0.1, 0.15) is 55.2 Å². The van der Waals surface area contributed by atoms with Crippen LogP contribution in [0.4, 0.5) is 0 Å². The van der Waals surface area contributed by atoms with E-state index in [9.17, 15) is 5.11 Å². The summed E-state index contributed by atoms with van der Waals surface area (Å²) >= 11 is 0. The van der Waals surface area contributed by atoms with Gasteiger partial charge in [0.1, 0.15) is 5.75 Å². The number of ether oxygens (including phenoxy) is 2. The number of hydrogen-bond donors (Lipinski definition) is 2. The Hall–Kier alpha value is -2.51. The number of piperidine rings is 1. The molecule has 2 N–H and O–H groups in total. The minimum absolute atomic E-state index is 0.00711. The van der Waals surface area contributed by atoms with Gasteiger partial charge in [-0.3, -0.25) is 9.88 Å². The van der Waals surface area contributed by atoms with Gasteiger partial charge in [0.05, 0.1) is 31.9 Å². The zero-order valence-electron chi connectivity index (χ0n) is 23.5. The quantitative estimate of drug-likeness (QED) is 0.337. The Morgan fingerprint density at radius 2 is 1.85 bits per heavy atom. The van der Waals surface area contributed by atoms with Crippen LogP contribution < -0.4 is 10.1 Å². The van der Waals surface area contributed by atoms with Crippen molar-refractivity contribution in [1.82, 2.24) is 15.2 Å². The standard InChI is InChI=1S/C33H45N3O3/c1-38-28-12-13-31-30(23-28)29(27(24-35-31)25-36-19-21-39-22-20-36)10-6-14-33(15-17-34-18-16-33)32(37)11-5-9-26-7-3-2-4-8-26/h2-4,7-8,12-13,23-24,32,34,37H,5-6,9-11,14-22,25H2,1H3. The van der Waals surface area contributed by atoms with Crippen molar-refractivity contribution in [2.45, 2.75) is 64.0 Å².